The Balaban J connectivity index is 1.48. The Hall–Kier alpha value is -0.510. The van der Waals surface area contributed by atoms with Crippen LogP contribution < -0.4 is 5.32 Å². The summed E-state index contributed by atoms with van der Waals surface area (Å²) in [5.74, 6) is 2.58. The standard InChI is InChI=1S/C14H20N2S/c1-2-4-13-10-16(9-12(13)3-1)7-5-14-11-17-8-6-15-14/h1-4,14-15H,5-11H2. The molecule has 1 N–H and O–H groups in total. The predicted molar refractivity (Wildman–Crippen MR) is 74.3 cm³/mol. The zero-order chi connectivity index (χ0) is 11.5. The largest absolute Gasteiger partial charge is 0.312 e. The summed E-state index contributed by atoms with van der Waals surface area (Å²) >= 11 is 2.09. The molecule has 1 aromatic rings. The van der Waals surface area contributed by atoms with Crippen LogP contribution in [0.15, 0.2) is 24.3 Å². The van der Waals surface area contributed by atoms with E-state index in [9.17, 15) is 0 Å². The van der Waals surface area contributed by atoms with Crippen LogP contribution in [0.25, 0.3) is 0 Å². The van der Waals surface area contributed by atoms with Crippen molar-refractivity contribution in [2.75, 3.05) is 24.6 Å². The maximum absolute atomic E-state index is 3.62. The van der Waals surface area contributed by atoms with Gasteiger partial charge in [0, 0.05) is 43.7 Å². The van der Waals surface area contributed by atoms with Gasteiger partial charge in [0.1, 0.15) is 0 Å². The molecule has 0 amide bonds. The van der Waals surface area contributed by atoms with E-state index in [1.54, 1.807) is 0 Å². The molecule has 1 aromatic carbocycles. The molecule has 92 valence electrons. The van der Waals surface area contributed by atoms with E-state index in [1.807, 2.05) is 0 Å². The summed E-state index contributed by atoms with van der Waals surface area (Å²) in [7, 11) is 0. The van der Waals surface area contributed by atoms with E-state index in [2.05, 4.69) is 46.2 Å². The lowest BCUT2D eigenvalue weighted by atomic mass is 10.1. The number of thioether (sulfide) groups is 1. The van der Waals surface area contributed by atoms with Crippen LogP contribution in [0.4, 0.5) is 0 Å². The molecule has 1 saturated heterocycles. The Morgan fingerprint density at radius 1 is 1.24 bits per heavy atom. The van der Waals surface area contributed by atoms with Gasteiger partial charge in [0.25, 0.3) is 0 Å². The third-order valence-electron chi connectivity index (χ3n) is 3.70. The molecule has 1 unspecified atom stereocenters. The lowest BCUT2D eigenvalue weighted by Crippen LogP contribution is -2.39. The fraction of sp³-hybridized carbons (Fsp3) is 0.571. The van der Waals surface area contributed by atoms with Crippen LogP contribution in [0.1, 0.15) is 17.5 Å². The fourth-order valence-corrected chi connectivity index (χ4v) is 3.70. The van der Waals surface area contributed by atoms with Gasteiger partial charge >= 0.3 is 0 Å². The first-order valence-corrected chi connectivity index (χ1v) is 7.67. The molecule has 2 heterocycles. The molecule has 2 aliphatic heterocycles. The van der Waals surface area contributed by atoms with Gasteiger partial charge < -0.3 is 5.32 Å². The molecule has 0 spiro atoms. The number of rotatable bonds is 3. The number of nitrogens with zero attached hydrogens (tertiary/aromatic N) is 1. The number of fused-ring (bicyclic) bond motifs is 1. The Labute approximate surface area is 108 Å². The zero-order valence-corrected chi connectivity index (χ0v) is 11.0. The highest BCUT2D eigenvalue weighted by Gasteiger charge is 2.20. The molecular weight excluding hydrogens is 228 g/mol. The second-order valence-electron chi connectivity index (χ2n) is 4.99. The first-order chi connectivity index (χ1) is 8.42. The Bertz CT molecular complexity index is 349. The van der Waals surface area contributed by atoms with Crippen molar-refractivity contribution >= 4 is 11.8 Å². The van der Waals surface area contributed by atoms with Crippen molar-refractivity contribution in [2.45, 2.75) is 25.6 Å². The van der Waals surface area contributed by atoms with Crippen LogP contribution in [0.5, 0.6) is 0 Å². The van der Waals surface area contributed by atoms with Crippen molar-refractivity contribution in [3.63, 3.8) is 0 Å². The third-order valence-corrected chi connectivity index (χ3v) is 4.83. The van der Waals surface area contributed by atoms with E-state index in [0.29, 0.717) is 0 Å². The molecular formula is C14H20N2S. The minimum atomic E-state index is 0.734. The van der Waals surface area contributed by atoms with E-state index >= 15 is 0 Å². The van der Waals surface area contributed by atoms with Gasteiger partial charge in [-0.1, -0.05) is 24.3 Å². The summed E-state index contributed by atoms with van der Waals surface area (Å²) in [5, 5.41) is 3.62. The first kappa shape index (κ1) is 11.6. The Morgan fingerprint density at radius 2 is 2.00 bits per heavy atom. The maximum atomic E-state index is 3.62. The summed E-state index contributed by atoms with van der Waals surface area (Å²) in [4.78, 5) is 2.58. The molecule has 17 heavy (non-hydrogen) atoms. The lowest BCUT2D eigenvalue weighted by Gasteiger charge is -2.25. The minimum absolute atomic E-state index is 0.734. The molecule has 2 nitrogen and oxygen atoms in total. The predicted octanol–water partition coefficient (Wildman–Crippen LogP) is 2.10. The molecule has 3 heteroatoms. The average Bonchev–Trinajstić information content (AvgIpc) is 2.80. The highest BCUT2D eigenvalue weighted by molar-refractivity contribution is 7.99. The van der Waals surface area contributed by atoms with E-state index in [0.717, 1.165) is 19.1 Å². The molecule has 1 atom stereocenters. The highest BCUT2D eigenvalue weighted by Crippen LogP contribution is 2.22. The number of benzene rings is 1. The SMILES string of the molecule is c1ccc2c(c1)CN(CCC1CSCCN1)C2. The van der Waals surface area contributed by atoms with Gasteiger partial charge in [0.2, 0.25) is 0 Å². The van der Waals surface area contributed by atoms with E-state index in [4.69, 9.17) is 0 Å². The van der Waals surface area contributed by atoms with Crippen molar-refractivity contribution in [3.8, 4) is 0 Å². The van der Waals surface area contributed by atoms with E-state index in [-0.39, 0.29) is 0 Å². The van der Waals surface area contributed by atoms with Crippen LogP contribution in [-0.4, -0.2) is 35.5 Å². The second-order valence-corrected chi connectivity index (χ2v) is 6.14. The summed E-state index contributed by atoms with van der Waals surface area (Å²) < 4.78 is 0. The minimum Gasteiger partial charge on any atom is -0.312 e. The third kappa shape index (κ3) is 2.84. The quantitative estimate of drug-likeness (QED) is 0.882. The number of hydrogen-bond donors (Lipinski definition) is 1. The number of hydrogen-bond acceptors (Lipinski definition) is 3. The van der Waals surface area contributed by atoms with Crippen molar-refractivity contribution in [2.24, 2.45) is 0 Å². The highest BCUT2D eigenvalue weighted by atomic mass is 32.2. The zero-order valence-electron chi connectivity index (χ0n) is 10.2. The van der Waals surface area contributed by atoms with E-state index < -0.39 is 0 Å². The van der Waals surface area contributed by atoms with Gasteiger partial charge in [0.15, 0.2) is 0 Å². The van der Waals surface area contributed by atoms with Crippen molar-refractivity contribution in [1.82, 2.24) is 10.2 Å². The average molecular weight is 248 g/mol. The molecule has 0 saturated carbocycles. The van der Waals surface area contributed by atoms with Gasteiger partial charge in [0.05, 0.1) is 0 Å². The van der Waals surface area contributed by atoms with Crippen molar-refractivity contribution in [3.05, 3.63) is 35.4 Å². The molecule has 0 aromatic heterocycles. The van der Waals surface area contributed by atoms with Crippen LogP contribution in [0, 0.1) is 0 Å². The lowest BCUT2D eigenvalue weighted by molar-refractivity contribution is 0.267. The summed E-state index contributed by atoms with van der Waals surface area (Å²) in [6.07, 6.45) is 1.29. The molecule has 2 aliphatic rings. The first-order valence-electron chi connectivity index (χ1n) is 6.52. The van der Waals surface area contributed by atoms with Crippen molar-refractivity contribution in [1.29, 1.82) is 0 Å². The number of nitrogens with one attached hydrogen (secondary N) is 1. The van der Waals surface area contributed by atoms with Gasteiger partial charge in [-0.05, 0) is 17.5 Å². The van der Waals surface area contributed by atoms with Crippen molar-refractivity contribution < 1.29 is 0 Å². The molecule has 1 fully saturated rings. The Morgan fingerprint density at radius 3 is 2.65 bits per heavy atom. The van der Waals surface area contributed by atoms with Crippen LogP contribution >= 0.6 is 11.8 Å². The Kier molecular flexibility index (Phi) is 3.69. The summed E-state index contributed by atoms with van der Waals surface area (Å²) in [5.41, 5.74) is 3.05. The molecule has 0 bridgehead atoms. The normalized spacial score (nSPS) is 24.8. The van der Waals surface area contributed by atoms with E-state index in [1.165, 1.54) is 42.1 Å². The van der Waals surface area contributed by atoms with Gasteiger partial charge in [-0.2, -0.15) is 11.8 Å². The molecule has 0 radical (unpaired) electrons. The summed E-state index contributed by atoms with van der Waals surface area (Å²) in [6.45, 7) is 4.72. The maximum Gasteiger partial charge on any atom is 0.0240 e. The van der Waals surface area contributed by atoms with Gasteiger partial charge in [-0.3, -0.25) is 4.90 Å². The second kappa shape index (κ2) is 5.42. The van der Waals surface area contributed by atoms with Crippen LogP contribution in [0.2, 0.25) is 0 Å². The van der Waals surface area contributed by atoms with Crippen LogP contribution in [-0.2, 0) is 13.1 Å². The summed E-state index contributed by atoms with van der Waals surface area (Å²) in [6, 6.07) is 9.58. The smallest absolute Gasteiger partial charge is 0.0240 e. The van der Waals surface area contributed by atoms with Gasteiger partial charge in [-0.25, -0.2) is 0 Å². The fourth-order valence-electron chi connectivity index (χ4n) is 2.71. The monoisotopic (exact) mass is 248 g/mol. The van der Waals surface area contributed by atoms with Gasteiger partial charge in [-0.15, -0.1) is 0 Å². The topological polar surface area (TPSA) is 15.3 Å². The molecule has 3 rings (SSSR count). The van der Waals surface area contributed by atoms with Crippen LogP contribution in [0.3, 0.4) is 0 Å². The molecule has 0 aliphatic carbocycles.